The molecular weight excluding hydrogens is 291 g/mol. The van der Waals surface area contributed by atoms with E-state index in [1.165, 1.54) is 29.2 Å². The molecule has 20 heavy (non-hydrogen) atoms. The van der Waals surface area contributed by atoms with Gasteiger partial charge in [-0.2, -0.15) is 13.2 Å². The van der Waals surface area contributed by atoms with E-state index in [0.717, 1.165) is 6.42 Å². The van der Waals surface area contributed by atoms with E-state index >= 15 is 0 Å². The molecule has 1 atom stereocenters. The third kappa shape index (κ3) is 3.46. The van der Waals surface area contributed by atoms with Crippen molar-refractivity contribution in [3.63, 3.8) is 0 Å². The van der Waals surface area contributed by atoms with Crippen LogP contribution < -0.4 is 0 Å². The molecule has 0 saturated carbocycles. The molecule has 1 aromatic rings. The highest BCUT2D eigenvalue weighted by atomic mass is 32.2. The number of alkyl halides is 3. The van der Waals surface area contributed by atoms with Crippen molar-refractivity contribution < 1.29 is 23.1 Å². The number of rotatable bonds is 3. The molecule has 1 aromatic carbocycles. The first-order valence-corrected chi connectivity index (χ1v) is 7.00. The average molecular weight is 305 g/mol. The number of benzene rings is 1. The minimum absolute atomic E-state index is 0.0372. The number of hydrogen-bond donors (Lipinski definition) is 1. The summed E-state index contributed by atoms with van der Waals surface area (Å²) < 4.78 is 37.5. The Bertz CT molecular complexity index is 493. The molecule has 1 heterocycles. The first-order valence-electron chi connectivity index (χ1n) is 6.19. The maximum atomic E-state index is 12.5. The van der Waals surface area contributed by atoms with Crippen LogP contribution in [-0.4, -0.2) is 40.6 Å². The summed E-state index contributed by atoms with van der Waals surface area (Å²) in [5.41, 5.74) is -4.40. The van der Waals surface area contributed by atoms with Crippen molar-refractivity contribution in [3.05, 3.63) is 29.8 Å². The fraction of sp³-hybridized carbons (Fsp3) is 0.462. The summed E-state index contributed by atoms with van der Waals surface area (Å²) in [6.45, 7) is 0.301. The van der Waals surface area contributed by atoms with Crippen LogP contribution in [0, 0.1) is 0 Å². The van der Waals surface area contributed by atoms with Gasteiger partial charge in [0.05, 0.1) is 18.2 Å². The fourth-order valence-corrected chi connectivity index (χ4v) is 2.97. The van der Waals surface area contributed by atoms with Gasteiger partial charge < -0.3 is 10.0 Å². The van der Waals surface area contributed by atoms with Gasteiger partial charge in [0.25, 0.3) is 5.91 Å². The molecule has 0 aliphatic carbocycles. The number of amides is 1. The third-order valence-corrected chi connectivity index (χ3v) is 4.00. The summed E-state index contributed by atoms with van der Waals surface area (Å²) in [5, 5.41) is 9.21. The first kappa shape index (κ1) is 15.2. The van der Waals surface area contributed by atoms with E-state index in [1.807, 2.05) is 0 Å². The SMILES string of the molecule is O=C(c1ccccc1SC(F)(F)F)N1CCC[C@H]1CO. The lowest BCUT2D eigenvalue weighted by Crippen LogP contribution is -2.37. The molecule has 0 spiro atoms. The standard InChI is InChI=1S/C13H14F3NO2S/c14-13(15,16)20-11-6-2-1-5-10(11)12(19)17-7-3-4-9(17)8-18/h1-2,5-6,9,18H,3-4,7-8H2/t9-/m0/s1. The molecule has 0 radical (unpaired) electrons. The van der Waals surface area contributed by atoms with Gasteiger partial charge in [0.1, 0.15) is 0 Å². The predicted molar refractivity (Wildman–Crippen MR) is 69.5 cm³/mol. The number of carbonyl (C=O) groups excluding carboxylic acids is 1. The molecule has 1 saturated heterocycles. The molecule has 1 N–H and O–H groups in total. The highest BCUT2D eigenvalue weighted by Gasteiger charge is 2.34. The van der Waals surface area contributed by atoms with Gasteiger partial charge in [0.2, 0.25) is 0 Å². The van der Waals surface area contributed by atoms with Crippen LogP contribution in [0.15, 0.2) is 29.2 Å². The van der Waals surface area contributed by atoms with Crippen molar-refractivity contribution in [1.82, 2.24) is 4.90 Å². The Labute approximate surface area is 118 Å². The van der Waals surface area contributed by atoms with E-state index in [1.54, 1.807) is 0 Å². The quantitative estimate of drug-likeness (QED) is 0.873. The summed E-state index contributed by atoms with van der Waals surface area (Å²) >= 11 is -0.287. The van der Waals surface area contributed by atoms with Gasteiger partial charge in [-0.15, -0.1) is 0 Å². The molecule has 2 rings (SSSR count). The van der Waals surface area contributed by atoms with Crippen LogP contribution in [0.1, 0.15) is 23.2 Å². The number of aliphatic hydroxyl groups excluding tert-OH is 1. The zero-order valence-corrected chi connectivity index (χ0v) is 11.4. The van der Waals surface area contributed by atoms with Crippen LogP contribution in [-0.2, 0) is 0 Å². The number of carbonyl (C=O) groups is 1. The van der Waals surface area contributed by atoms with Crippen molar-refractivity contribution >= 4 is 17.7 Å². The normalized spacial score (nSPS) is 19.4. The Balaban J connectivity index is 2.26. The van der Waals surface area contributed by atoms with Crippen molar-refractivity contribution in [2.24, 2.45) is 0 Å². The molecule has 1 aliphatic heterocycles. The number of nitrogens with zero attached hydrogens (tertiary/aromatic N) is 1. The molecule has 1 fully saturated rings. The monoisotopic (exact) mass is 305 g/mol. The third-order valence-electron chi connectivity index (χ3n) is 3.19. The van der Waals surface area contributed by atoms with Gasteiger partial charge in [-0.05, 0) is 36.7 Å². The number of likely N-dealkylation sites (tertiary alicyclic amines) is 1. The smallest absolute Gasteiger partial charge is 0.394 e. The van der Waals surface area contributed by atoms with Crippen molar-refractivity contribution in [2.75, 3.05) is 13.2 Å². The molecule has 0 aromatic heterocycles. The largest absolute Gasteiger partial charge is 0.446 e. The van der Waals surface area contributed by atoms with E-state index < -0.39 is 11.4 Å². The van der Waals surface area contributed by atoms with Crippen molar-refractivity contribution in [3.8, 4) is 0 Å². The molecule has 3 nitrogen and oxygen atoms in total. The van der Waals surface area contributed by atoms with Crippen LogP contribution in [0.2, 0.25) is 0 Å². The van der Waals surface area contributed by atoms with Crippen LogP contribution in [0.25, 0.3) is 0 Å². The number of aliphatic hydroxyl groups is 1. The summed E-state index contributed by atoms with van der Waals surface area (Å²) in [7, 11) is 0. The van der Waals surface area contributed by atoms with E-state index in [9.17, 15) is 23.1 Å². The van der Waals surface area contributed by atoms with Gasteiger partial charge in [-0.3, -0.25) is 4.79 Å². The van der Waals surface area contributed by atoms with Crippen molar-refractivity contribution in [1.29, 1.82) is 0 Å². The summed E-state index contributed by atoms with van der Waals surface area (Å²) in [6.07, 6.45) is 1.43. The Morgan fingerprint density at radius 3 is 2.75 bits per heavy atom. The average Bonchev–Trinajstić information content (AvgIpc) is 2.85. The highest BCUT2D eigenvalue weighted by molar-refractivity contribution is 8.00. The summed E-state index contributed by atoms with van der Waals surface area (Å²) in [5.74, 6) is -0.450. The van der Waals surface area contributed by atoms with Crippen LogP contribution in [0.3, 0.4) is 0 Å². The lowest BCUT2D eigenvalue weighted by Gasteiger charge is -2.24. The van der Waals surface area contributed by atoms with Crippen molar-refractivity contribution in [2.45, 2.75) is 29.3 Å². The Morgan fingerprint density at radius 1 is 1.40 bits per heavy atom. The number of halogens is 3. The first-order chi connectivity index (χ1) is 9.42. The Hall–Kier alpha value is -1.21. The molecule has 7 heteroatoms. The Kier molecular flexibility index (Phi) is 4.59. The minimum atomic E-state index is -4.43. The Morgan fingerprint density at radius 2 is 2.10 bits per heavy atom. The van der Waals surface area contributed by atoms with E-state index in [0.29, 0.717) is 13.0 Å². The lowest BCUT2D eigenvalue weighted by molar-refractivity contribution is -0.0328. The van der Waals surface area contributed by atoms with Gasteiger partial charge in [0, 0.05) is 11.4 Å². The summed E-state index contributed by atoms with van der Waals surface area (Å²) in [6, 6.07) is 5.39. The molecule has 1 amide bonds. The number of hydrogen-bond acceptors (Lipinski definition) is 3. The highest BCUT2D eigenvalue weighted by Crippen LogP contribution is 2.39. The maximum Gasteiger partial charge on any atom is 0.446 e. The van der Waals surface area contributed by atoms with E-state index in [-0.39, 0.29) is 34.9 Å². The molecule has 0 bridgehead atoms. The zero-order valence-electron chi connectivity index (χ0n) is 10.6. The van der Waals surface area contributed by atoms with Gasteiger partial charge in [0.15, 0.2) is 0 Å². The lowest BCUT2D eigenvalue weighted by atomic mass is 10.1. The molecule has 0 unspecified atom stereocenters. The fourth-order valence-electron chi connectivity index (χ4n) is 2.30. The second-order valence-corrected chi connectivity index (χ2v) is 5.63. The van der Waals surface area contributed by atoms with Crippen LogP contribution in [0.5, 0.6) is 0 Å². The second-order valence-electron chi connectivity index (χ2n) is 4.52. The van der Waals surface area contributed by atoms with Gasteiger partial charge in [-0.25, -0.2) is 0 Å². The van der Waals surface area contributed by atoms with E-state index in [2.05, 4.69) is 0 Å². The summed E-state index contributed by atoms with van der Waals surface area (Å²) in [4.78, 5) is 13.7. The van der Waals surface area contributed by atoms with Gasteiger partial charge in [-0.1, -0.05) is 12.1 Å². The molecule has 1 aliphatic rings. The predicted octanol–water partition coefficient (Wildman–Crippen LogP) is 2.90. The number of thioether (sulfide) groups is 1. The topological polar surface area (TPSA) is 40.5 Å². The van der Waals surface area contributed by atoms with Crippen LogP contribution in [0.4, 0.5) is 13.2 Å². The molecule has 110 valence electrons. The zero-order chi connectivity index (χ0) is 14.8. The second kappa shape index (κ2) is 6.05. The van der Waals surface area contributed by atoms with Crippen LogP contribution >= 0.6 is 11.8 Å². The maximum absolute atomic E-state index is 12.5. The minimum Gasteiger partial charge on any atom is -0.394 e. The van der Waals surface area contributed by atoms with E-state index in [4.69, 9.17) is 0 Å². The molecular formula is C13H14F3NO2S. The van der Waals surface area contributed by atoms with Gasteiger partial charge >= 0.3 is 5.51 Å².